The number of esters is 1. The van der Waals surface area contributed by atoms with Gasteiger partial charge in [-0.25, -0.2) is 4.79 Å². The van der Waals surface area contributed by atoms with Gasteiger partial charge in [-0.05, 0) is 53.9 Å². The number of ether oxygens (including phenoxy) is 2. The Morgan fingerprint density at radius 2 is 1.75 bits per heavy atom. The van der Waals surface area contributed by atoms with E-state index in [0.717, 1.165) is 0 Å². The van der Waals surface area contributed by atoms with E-state index in [-0.39, 0.29) is 12.0 Å². The number of hydrogen-bond donors (Lipinski definition) is 1. The average molecular weight is 287 g/mol. The summed E-state index contributed by atoms with van der Waals surface area (Å²) in [5.74, 6) is -0.204. The van der Waals surface area contributed by atoms with E-state index in [4.69, 9.17) is 9.47 Å². The van der Waals surface area contributed by atoms with E-state index in [1.165, 1.54) is 7.11 Å². The molecule has 1 amide bonds. The van der Waals surface area contributed by atoms with Gasteiger partial charge in [-0.15, -0.1) is 0 Å². The van der Waals surface area contributed by atoms with Crippen LogP contribution in [0.4, 0.5) is 4.79 Å². The highest BCUT2D eigenvalue weighted by Crippen LogP contribution is 2.29. The molecule has 0 aromatic rings. The maximum absolute atomic E-state index is 11.8. The molecule has 0 rings (SSSR count). The summed E-state index contributed by atoms with van der Waals surface area (Å²) in [7, 11) is 1.40. The number of hydrogen-bond acceptors (Lipinski definition) is 4. The van der Waals surface area contributed by atoms with Crippen LogP contribution in [0.1, 0.15) is 60.8 Å². The lowest BCUT2D eigenvalue weighted by Crippen LogP contribution is -2.39. The molecule has 118 valence electrons. The summed E-state index contributed by atoms with van der Waals surface area (Å²) in [4.78, 5) is 23.4. The fraction of sp³-hybridized carbons (Fsp3) is 0.867. The highest BCUT2D eigenvalue weighted by molar-refractivity contribution is 5.76. The Morgan fingerprint density at radius 3 is 2.15 bits per heavy atom. The van der Waals surface area contributed by atoms with Crippen LogP contribution in [0.25, 0.3) is 0 Å². The van der Waals surface area contributed by atoms with Crippen LogP contribution >= 0.6 is 0 Å². The van der Waals surface area contributed by atoms with Gasteiger partial charge in [0.05, 0.1) is 12.5 Å². The molecule has 0 spiro atoms. The molecule has 0 aliphatic rings. The van der Waals surface area contributed by atoms with Gasteiger partial charge in [0.15, 0.2) is 0 Å². The van der Waals surface area contributed by atoms with E-state index in [1.54, 1.807) is 0 Å². The summed E-state index contributed by atoms with van der Waals surface area (Å²) in [6, 6.07) is -0.0552. The van der Waals surface area contributed by atoms with Gasteiger partial charge in [0.2, 0.25) is 0 Å². The molecule has 5 nitrogen and oxygen atoms in total. The number of amides is 1. The first-order valence-electron chi connectivity index (χ1n) is 7.12. The molecule has 2 atom stereocenters. The standard InChI is InChI=1S/C15H29NO4/c1-8-15(6,12(17)19-7)10-9-11(2)16-13(18)20-14(3,4)5/h11H,8-10H2,1-7H3,(H,16,18). The zero-order valence-corrected chi connectivity index (χ0v) is 13.8. The van der Waals surface area contributed by atoms with E-state index in [0.29, 0.717) is 19.3 Å². The number of carbonyl (C=O) groups is 2. The van der Waals surface area contributed by atoms with Crippen LogP contribution in [0, 0.1) is 5.41 Å². The van der Waals surface area contributed by atoms with Crippen LogP contribution in [0.2, 0.25) is 0 Å². The predicted molar refractivity (Wildman–Crippen MR) is 78.5 cm³/mol. The van der Waals surface area contributed by atoms with Crippen molar-refractivity contribution in [1.29, 1.82) is 0 Å². The maximum Gasteiger partial charge on any atom is 0.407 e. The Kier molecular flexibility index (Phi) is 7.03. The second-order valence-corrected chi connectivity index (χ2v) is 6.49. The molecule has 0 heterocycles. The topological polar surface area (TPSA) is 64.6 Å². The van der Waals surface area contributed by atoms with E-state index >= 15 is 0 Å². The van der Waals surface area contributed by atoms with Crippen LogP contribution < -0.4 is 5.32 Å². The Bertz CT molecular complexity index is 335. The molecule has 0 aliphatic heterocycles. The summed E-state index contributed by atoms with van der Waals surface area (Å²) in [6.07, 6.45) is 1.63. The molecular weight excluding hydrogens is 258 g/mol. The zero-order chi connectivity index (χ0) is 16.0. The Labute approximate surface area is 122 Å². The van der Waals surface area contributed by atoms with Crippen molar-refractivity contribution in [1.82, 2.24) is 5.32 Å². The largest absolute Gasteiger partial charge is 0.469 e. The average Bonchev–Trinajstić information content (AvgIpc) is 2.32. The van der Waals surface area contributed by atoms with Gasteiger partial charge >= 0.3 is 12.1 Å². The van der Waals surface area contributed by atoms with E-state index in [2.05, 4.69) is 5.32 Å². The maximum atomic E-state index is 11.8. The Balaban J connectivity index is 4.31. The van der Waals surface area contributed by atoms with Crippen molar-refractivity contribution in [2.75, 3.05) is 7.11 Å². The van der Waals surface area contributed by atoms with Gasteiger partial charge in [0.1, 0.15) is 5.60 Å². The second kappa shape index (κ2) is 7.50. The van der Waals surface area contributed by atoms with E-state index in [1.807, 2.05) is 41.5 Å². The molecule has 0 radical (unpaired) electrons. The summed E-state index contributed by atoms with van der Waals surface area (Å²) in [6.45, 7) is 11.2. The first-order valence-corrected chi connectivity index (χ1v) is 7.12. The van der Waals surface area contributed by atoms with E-state index < -0.39 is 17.1 Å². The van der Waals surface area contributed by atoms with Crippen molar-refractivity contribution in [3.63, 3.8) is 0 Å². The van der Waals surface area contributed by atoms with Gasteiger partial charge in [-0.2, -0.15) is 0 Å². The van der Waals surface area contributed by atoms with Crippen molar-refractivity contribution >= 4 is 12.1 Å². The number of alkyl carbamates (subject to hydrolysis) is 1. The van der Waals surface area contributed by atoms with Crippen molar-refractivity contribution < 1.29 is 19.1 Å². The zero-order valence-electron chi connectivity index (χ0n) is 13.8. The molecule has 0 bridgehead atoms. The molecule has 0 aromatic heterocycles. The van der Waals surface area contributed by atoms with Gasteiger partial charge in [0.25, 0.3) is 0 Å². The van der Waals surface area contributed by atoms with Crippen LogP contribution in [0.5, 0.6) is 0 Å². The smallest absolute Gasteiger partial charge is 0.407 e. The molecular formula is C15H29NO4. The molecule has 2 unspecified atom stereocenters. The lowest BCUT2D eigenvalue weighted by molar-refractivity contribution is -0.152. The fourth-order valence-electron chi connectivity index (χ4n) is 1.79. The molecule has 5 heteroatoms. The minimum absolute atomic E-state index is 0.0552. The highest BCUT2D eigenvalue weighted by atomic mass is 16.6. The van der Waals surface area contributed by atoms with Crippen LogP contribution in [-0.4, -0.2) is 30.8 Å². The number of rotatable bonds is 6. The van der Waals surface area contributed by atoms with Gasteiger partial charge in [-0.1, -0.05) is 6.92 Å². The van der Waals surface area contributed by atoms with Gasteiger partial charge in [0, 0.05) is 6.04 Å². The lowest BCUT2D eigenvalue weighted by atomic mass is 9.82. The van der Waals surface area contributed by atoms with Gasteiger partial charge < -0.3 is 14.8 Å². The molecule has 0 fully saturated rings. The number of nitrogens with one attached hydrogen (secondary N) is 1. The molecule has 1 N–H and O–H groups in total. The molecule has 0 saturated heterocycles. The summed E-state index contributed by atoms with van der Waals surface area (Å²) < 4.78 is 10.0. The third-order valence-electron chi connectivity index (χ3n) is 3.35. The molecule has 0 saturated carbocycles. The third-order valence-corrected chi connectivity index (χ3v) is 3.35. The number of carbonyl (C=O) groups excluding carboxylic acids is 2. The monoisotopic (exact) mass is 287 g/mol. The fourth-order valence-corrected chi connectivity index (χ4v) is 1.79. The quantitative estimate of drug-likeness (QED) is 0.761. The molecule has 0 aliphatic carbocycles. The minimum atomic E-state index is -0.506. The van der Waals surface area contributed by atoms with Crippen LogP contribution in [-0.2, 0) is 14.3 Å². The van der Waals surface area contributed by atoms with Crippen molar-refractivity contribution in [2.24, 2.45) is 5.41 Å². The third kappa shape index (κ3) is 6.78. The first-order chi connectivity index (χ1) is 9.04. The summed E-state index contributed by atoms with van der Waals surface area (Å²) >= 11 is 0. The van der Waals surface area contributed by atoms with E-state index in [9.17, 15) is 9.59 Å². The molecule has 0 aromatic carbocycles. The van der Waals surface area contributed by atoms with Gasteiger partial charge in [-0.3, -0.25) is 4.79 Å². The highest BCUT2D eigenvalue weighted by Gasteiger charge is 2.32. The van der Waals surface area contributed by atoms with Crippen molar-refractivity contribution in [2.45, 2.75) is 72.4 Å². The molecule has 20 heavy (non-hydrogen) atoms. The van der Waals surface area contributed by atoms with Crippen LogP contribution in [0.15, 0.2) is 0 Å². The summed E-state index contributed by atoms with van der Waals surface area (Å²) in [5, 5.41) is 2.78. The Morgan fingerprint density at radius 1 is 1.20 bits per heavy atom. The van der Waals surface area contributed by atoms with Crippen molar-refractivity contribution in [3.05, 3.63) is 0 Å². The van der Waals surface area contributed by atoms with Crippen LogP contribution in [0.3, 0.4) is 0 Å². The second-order valence-electron chi connectivity index (χ2n) is 6.49. The Hall–Kier alpha value is -1.26. The SMILES string of the molecule is CCC(C)(CCC(C)NC(=O)OC(C)(C)C)C(=O)OC. The lowest BCUT2D eigenvalue weighted by Gasteiger charge is -2.27. The van der Waals surface area contributed by atoms with Crippen molar-refractivity contribution in [3.8, 4) is 0 Å². The predicted octanol–water partition coefficient (Wildman–Crippen LogP) is 3.27. The number of methoxy groups -OCH3 is 1. The first kappa shape index (κ1) is 18.7. The normalized spacial score (nSPS) is 15.9. The summed E-state index contributed by atoms with van der Waals surface area (Å²) in [5.41, 5.74) is -1.01. The minimum Gasteiger partial charge on any atom is -0.469 e.